The molecule has 6 nitrogen and oxygen atoms in total. The van der Waals surface area contributed by atoms with Crippen LogP contribution in [0.1, 0.15) is 32.1 Å². The number of amides is 2. The second-order valence-corrected chi connectivity index (χ2v) is 6.66. The maximum Gasteiger partial charge on any atom is 0.317 e. The Kier molecular flexibility index (Phi) is 4.33. The predicted molar refractivity (Wildman–Crippen MR) is 75.9 cm³/mol. The van der Waals surface area contributed by atoms with Crippen molar-refractivity contribution in [2.75, 3.05) is 26.2 Å². The number of hydrogen-bond donors (Lipinski definition) is 2. The monoisotopic (exact) mass is 296 g/mol. The van der Waals surface area contributed by atoms with E-state index in [0.717, 1.165) is 18.4 Å². The van der Waals surface area contributed by atoms with Gasteiger partial charge in [-0.15, -0.1) is 0 Å². The van der Waals surface area contributed by atoms with Crippen molar-refractivity contribution in [2.45, 2.75) is 38.2 Å². The van der Waals surface area contributed by atoms with Gasteiger partial charge in [-0.05, 0) is 37.0 Å². The fraction of sp³-hybridized carbons (Fsp3) is 0.867. The zero-order valence-electron chi connectivity index (χ0n) is 12.3. The maximum absolute atomic E-state index is 12.2. The summed E-state index contributed by atoms with van der Waals surface area (Å²) >= 11 is 0. The summed E-state index contributed by atoms with van der Waals surface area (Å²) in [5.41, 5.74) is 0. The van der Waals surface area contributed by atoms with Crippen LogP contribution in [0.25, 0.3) is 0 Å². The lowest BCUT2D eigenvalue weighted by atomic mass is 9.89. The Bertz CT molecular complexity index is 414. The van der Waals surface area contributed by atoms with Crippen LogP contribution in [0.4, 0.5) is 4.79 Å². The van der Waals surface area contributed by atoms with Gasteiger partial charge in [-0.25, -0.2) is 4.79 Å². The quantitative estimate of drug-likeness (QED) is 0.820. The first-order valence-corrected chi connectivity index (χ1v) is 7.98. The van der Waals surface area contributed by atoms with Crippen molar-refractivity contribution in [3.05, 3.63) is 0 Å². The number of ether oxygens (including phenoxy) is 1. The largest absolute Gasteiger partial charge is 0.481 e. The number of fused-ring (bicyclic) bond motifs is 2. The third-order valence-corrected chi connectivity index (χ3v) is 5.23. The minimum Gasteiger partial charge on any atom is -0.481 e. The topological polar surface area (TPSA) is 78.9 Å². The van der Waals surface area contributed by atoms with Gasteiger partial charge in [0.2, 0.25) is 0 Å². The molecule has 0 aromatic carbocycles. The Morgan fingerprint density at radius 3 is 2.81 bits per heavy atom. The standard InChI is InChI=1S/C15H24N2O4/c18-14(19)7-13-9-17(3-4-21-13)15(20)16-8-12-6-10-1-2-11(12)5-10/h10-13H,1-9H2,(H,16,20)(H,18,19). The molecule has 2 saturated carbocycles. The molecule has 1 heterocycles. The molecule has 2 N–H and O–H groups in total. The van der Waals surface area contributed by atoms with Gasteiger partial charge in [-0.3, -0.25) is 4.79 Å². The van der Waals surface area contributed by atoms with Crippen molar-refractivity contribution >= 4 is 12.0 Å². The van der Waals surface area contributed by atoms with Gasteiger partial charge in [-0.1, -0.05) is 6.42 Å². The predicted octanol–water partition coefficient (Wildman–Crippen LogP) is 1.31. The summed E-state index contributed by atoms with van der Waals surface area (Å²) in [5, 5.41) is 11.8. The molecule has 2 bridgehead atoms. The molecule has 0 aromatic heterocycles. The molecule has 3 aliphatic rings. The van der Waals surface area contributed by atoms with E-state index in [1.807, 2.05) is 0 Å². The highest BCUT2D eigenvalue weighted by Crippen LogP contribution is 2.47. The highest BCUT2D eigenvalue weighted by molar-refractivity contribution is 5.74. The number of morpholine rings is 1. The van der Waals surface area contributed by atoms with E-state index in [1.54, 1.807) is 4.90 Å². The van der Waals surface area contributed by atoms with Gasteiger partial charge in [0, 0.05) is 19.6 Å². The van der Waals surface area contributed by atoms with E-state index < -0.39 is 5.97 Å². The second-order valence-electron chi connectivity index (χ2n) is 6.66. The number of nitrogens with zero attached hydrogens (tertiary/aromatic N) is 1. The highest BCUT2D eigenvalue weighted by atomic mass is 16.5. The lowest BCUT2D eigenvalue weighted by Gasteiger charge is -2.33. The summed E-state index contributed by atoms with van der Waals surface area (Å²) in [5.74, 6) is 1.45. The maximum atomic E-state index is 12.2. The van der Waals surface area contributed by atoms with Crippen LogP contribution in [0.5, 0.6) is 0 Å². The molecule has 118 valence electrons. The highest BCUT2D eigenvalue weighted by Gasteiger charge is 2.39. The molecule has 4 atom stereocenters. The van der Waals surface area contributed by atoms with Crippen molar-refractivity contribution in [1.82, 2.24) is 10.2 Å². The molecular weight excluding hydrogens is 272 g/mol. The van der Waals surface area contributed by atoms with Gasteiger partial charge in [0.1, 0.15) is 0 Å². The number of carboxylic acid groups (broad SMARTS) is 1. The summed E-state index contributed by atoms with van der Waals surface area (Å²) < 4.78 is 5.38. The number of aliphatic carboxylic acids is 1. The van der Waals surface area contributed by atoms with E-state index in [9.17, 15) is 9.59 Å². The van der Waals surface area contributed by atoms with Gasteiger partial charge in [0.05, 0.1) is 19.1 Å². The molecule has 0 spiro atoms. The Labute approximate surface area is 124 Å². The van der Waals surface area contributed by atoms with E-state index in [2.05, 4.69) is 5.32 Å². The van der Waals surface area contributed by atoms with Crippen molar-refractivity contribution in [3.8, 4) is 0 Å². The van der Waals surface area contributed by atoms with Crippen LogP contribution in [0.15, 0.2) is 0 Å². The van der Waals surface area contributed by atoms with E-state index in [1.165, 1.54) is 25.7 Å². The second kappa shape index (κ2) is 6.22. The molecule has 21 heavy (non-hydrogen) atoms. The molecule has 3 rings (SSSR count). The summed E-state index contributed by atoms with van der Waals surface area (Å²) in [4.78, 5) is 24.6. The lowest BCUT2D eigenvalue weighted by molar-refractivity contribution is -0.141. The molecule has 1 saturated heterocycles. The van der Waals surface area contributed by atoms with Crippen molar-refractivity contribution in [1.29, 1.82) is 0 Å². The third kappa shape index (κ3) is 3.48. The van der Waals surface area contributed by atoms with Crippen LogP contribution < -0.4 is 5.32 Å². The van der Waals surface area contributed by atoms with Crippen LogP contribution in [0.3, 0.4) is 0 Å². The number of hydrogen-bond acceptors (Lipinski definition) is 3. The van der Waals surface area contributed by atoms with Crippen LogP contribution in [-0.2, 0) is 9.53 Å². The Hall–Kier alpha value is -1.30. The third-order valence-electron chi connectivity index (χ3n) is 5.23. The van der Waals surface area contributed by atoms with Crippen LogP contribution in [0.2, 0.25) is 0 Å². The van der Waals surface area contributed by atoms with Crippen molar-refractivity contribution in [2.24, 2.45) is 17.8 Å². The van der Waals surface area contributed by atoms with Crippen LogP contribution in [0, 0.1) is 17.8 Å². The number of nitrogens with one attached hydrogen (secondary N) is 1. The normalized spacial score (nSPS) is 35.0. The van der Waals surface area contributed by atoms with Crippen LogP contribution >= 0.6 is 0 Å². The number of carbonyl (C=O) groups is 2. The average Bonchev–Trinajstić information content (AvgIpc) is 3.06. The first-order valence-electron chi connectivity index (χ1n) is 7.98. The summed E-state index contributed by atoms with van der Waals surface area (Å²) in [6, 6.07) is -0.0727. The molecule has 0 radical (unpaired) electrons. The van der Waals surface area contributed by atoms with Gasteiger partial charge in [0.25, 0.3) is 0 Å². The molecule has 1 aliphatic heterocycles. The fourth-order valence-electron chi connectivity index (χ4n) is 4.18. The zero-order valence-corrected chi connectivity index (χ0v) is 12.3. The van der Waals surface area contributed by atoms with Gasteiger partial charge < -0.3 is 20.1 Å². The Morgan fingerprint density at radius 2 is 2.14 bits per heavy atom. The van der Waals surface area contributed by atoms with E-state index in [0.29, 0.717) is 25.6 Å². The Morgan fingerprint density at radius 1 is 1.29 bits per heavy atom. The average molecular weight is 296 g/mol. The minimum absolute atomic E-state index is 0.0455. The van der Waals surface area contributed by atoms with Crippen LogP contribution in [-0.4, -0.2) is 54.4 Å². The summed E-state index contributed by atoms with van der Waals surface area (Å²) in [6.45, 7) is 2.09. The molecule has 6 heteroatoms. The molecule has 2 aliphatic carbocycles. The molecular formula is C15H24N2O4. The van der Waals surface area contributed by atoms with E-state index >= 15 is 0 Å². The zero-order chi connectivity index (χ0) is 14.8. The fourth-order valence-corrected chi connectivity index (χ4v) is 4.18. The van der Waals surface area contributed by atoms with E-state index in [-0.39, 0.29) is 18.6 Å². The van der Waals surface area contributed by atoms with Gasteiger partial charge in [0.15, 0.2) is 0 Å². The first-order chi connectivity index (χ1) is 10.1. The van der Waals surface area contributed by atoms with Crippen molar-refractivity contribution < 1.29 is 19.4 Å². The first kappa shape index (κ1) is 14.6. The van der Waals surface area contributed by atoms with E-state index in [4.69, 9.17) is 9.84 Å². The number of carbonyl (C=O) groups excluding carboxylic acids is 1. The minimum atomic E-state index is -0.885. The number of rotatable bonds is 4. The molecule has 2 amide bonds. The number of urea groups is 1. The molecule has 4 unspecified atom stereocenters. The Balaban J connectivity index is 1.43. The van der Waals surface area contributed by atoms with Gasteiger partial charge >= 0.3 is 12.0 Å². The van der Waals surface area contributed by atoms with Crippen molar-refractivity contribution in [3.63, 3.8) is 0 Å². The smallest absolute Gasteiger partial charge is 0.317 e. The molecule has 3 fully saturated rings. The summed E-state index contributed by atoms with van der Waals surface area (Å²) in [6.07, 6.45) is 4.87. The SMILES string of the molecule is O=C(O)CC1CN(C(=O)NCC2CC3CCC2C3)CCO1. The lowest BCUT2D eigenvalue weighted by Crippen LogP contribution is -2.50. The molecule has 0 aromatic rings. The number of carboxylic acids is 1. The van der Waals surface area contributed by atoms with Gasteiger partial charge in [-0.2, -0.15) is 0 Å². The summed E-state index contributed by atoms with van der Waals surface area (Å²) in [7, 11) is 0.